The molecule has 0 heterocycles. The average Bonchev–Trinajstić information content (AvgIpc) is 1.89. The first kappa shape index (κ1) is 8.54. The molecule has 0 aliphatic heterocycles. The summed E-state index contributed by atoms with van der Waals surface area (Å²) in [7, 11) is 0. The van der Waals surface area contributed by atoms with E-state index in [1.165, 1.54) is 12.8 Å². The van der Waals surface area contributed by atoms with Gasteiger partial charge in [-0.3, -0.25) is 0 Å². The summed E-state index contributed by atoms with van der Waals surface area (Å²) in [6.45, 7) is 6.24. The van der Waals surface area contributed by atoms with Gasteiger partial charge in [-0.1, -0.05) is 13.3 Å². The van der Waals surface area contributed by atoms with Gasteiger partial charge in [0.1, 0.15) is 0 Å². The molecule has 0 amide bonds. The summed E-state index contributed by atoms with van der Waals surface area (Å²) < 4.78 is 4.89. The largest absolute Gasteiger partial charge is 0.502 e. The first-order chi connectivity index (χ1) is 4.41. The highest BCUT2D eigenvalue weighted by Gasteiger charge is 1.76. The van der Waals surface area contributed by atoms with Gasteiger partial charge in [0.2, 0.25) is 0 Å². The van der Waals surface area contributed by atoms with Crippen LogP contribution in [0.1, 0.15) is 26.2 Å². The fourth-order valence-corrected chi connectivity index (χ4v) is 0.526. The molecule has 53 valence electrons. The first-order valence-electron chi connectivity index (χ1n) is 3.47. The van der Waals surface area contributed by atoms with Crippen LogP contribution in [-0.2, 0) is 4.74 Å². The Morgan fingerprint density at radius 2 is 2.33 bits per heavy atom. The minimum Gasteiger partial charge on any atom is -0.502 e. The van der Waals surface area contributed by atoms with Gasteiger partial charge in [-0.15, -0.1) is 0 Å². The van der Waals surface area contributed by atoms with Gasteiger partial charge in [0.15, 0.2) is 0 Å². The smallest absolute Gasteiger partial charge is 0.0874 e. The summed E-state index contributed by atoms with van der Waals surface area (Å²) in [4.78, 5) is 0. The Labute approximate surface area is 57.7 Å². The summed E-state index contributed by atoms with van der Waals surface area (Å²) in [5.41, 5.74) is 0. The standard InChI is InChI=1S/C8H15O/c1-3-5-6-7-8-9-4-2/h7-8H,2-6H2,1H3/b8-7+. The van der Waals surface area contributed by atoms with Crippen molar-refractivity contribution in [3.05, 3.63) is 19.3 Å². The third-order valence-electron chi connectivity index (χ3n) is 1.03. The van der Waals surface area contributed by atoms with Gasteiger partial charge >= 0.3 is 0 Å². The maximum absolute atomic E-state index is 4.89. The Morgan fingerprint density at radius 3 is 2.89 bits per heavy atom. The molecular weight excluding hydrogens is 112 g/mol. The molecule has 1 radical (unpaired) electrons. The molecule has 9 heavy (non-hydrogen) atoms. The van der Waals surface area contributed by atoms with Crippen LogP contribution < -0.4 is 0 Å². The van der Waals surface area contributed by atoms with Crippen LogP contribution in [0.15, 0.2) is 12.3 Å². The van der Waals surface area contributed by atoms with Crippen molar-refractivity contribution in [3.63, 3.8) is 0 Å². The van der Waals surface area contributed by atoms with E-state index in [2.05, 4.69) is 13.8 Å². The third kappa shape index (κ3) is 7.54. The molecule has 0 atom stereocenters. The van der Waals surface area contributed by atoms with Crippen molar-refractivity contribution < 1.29 is 4.74 Å². The molecule has 0 fully saturated rings. The quantitative estimate of drug-likeness (QED) is 0.407. The van der Waals surface area contributed by atoms with Crippen LogP contribution in [0.25, 0.3) is 0 Å². The van der Waals surface area contributed by atoms with Crippen molar-refractivity contribution in [2.75, 3.05) is 6.61 Å². The van der Waals surface area contributed by atoms with Crippen molar-refractivity contribution in [3.8, 4) is 0 Å². The van der Waals surface area contributed by atoms with Crippen LogP contribution in [0, 0.1) is 6.92 Å². The van der Waals surface area contributed by atoms with Gasteiger partial charge < -0.3 is 4.74 Å². The molecular formula is C8H15O. The normalized spacial score (nSPS) is 10.4. The molecule has 0 aliphatic carbocycles. The second-order valence-electron chi connectivity index (χ2n) is 1.88. The van der Waals surface area contributed by atoms with Crippen LogP contribution in [0.3, 0.4) is 0 Å². The second-order valence-corrected chi connectivity index (χ2v) is 1.88. The predicted octanol–water partition coefficient (Wildman–Crippen LogP) is 2.54. The number of allylic oxidation sites excluding steroid dienone is 1. The summed E-state index contributed by atoms with van der Waals surface area (Å²) in [6.07, 6.45) is 7.37. The lowest BCUT2D eigenvalue weighted by Crippen LogP contribution is -1.76. The maximum Gasteiger partial charge on any atom is 0.0874 e. The first-order valence-corrected chi connectivity index (χ1v) is 3.47. The van der Waals surface area contributed by atoms with Crippen molar-refractivity contribution in [2.45, 2.75) is 26.2 Å². The van der Waals surface area contributed by atoms with Crippen LogP contribution in [0.2, 0.25) is 0 Å². The van der Waals surface area contributed by atoms with Gasteiger partial charge in [0.05, 0.1) is 12.9 Å². The minimum absolute atomic E-state index is 0.530. The van der Waals surface area contributed by atoms with E-state index >= 15 is 0 Å². The van der Waals surface area contributed by atoms with Gasteiger partial charge in [-0.25, -0.2) is 0 Å². The van der Waals surface area contributed by atoms with Gasteiger partial charge in [-0.2, -0.15) is 0 Å². The fraction of sp³-hybridized carbons (Fsp3) is 0.625. The topological polar surface area (TPSA) is 9.23 Å². The van der Waals surface area contributed by atoms with Crippen molar-refractivity contribution in [2.24, 2.45) is 0 Å². The highest BCUT2D eigenvalue weighted by Crippen LogP contribution is 1.94. The van der Waals surface area contributed by atoms with Gasteiger partial charge in [-0.05, 0) is 25.8 Å². The molecule has 0 aromatic carbocycles. The van der Waals surface area contributed by atoms with Gasteiger partial charge in [0.25, 0.3) is 0 Å². The Hall–Kier alpha value is -0.460. The van der Waals surface area contributed by atoms with Crippen LogP contribution >= 0.6 is 0 Å². The molecule has 0 aliphatic rings. The molecule has 0 unspecified atom stereocenters. The highest BCUT2D eigenvalue weighted by atomic mass is 16.5. The van der Waals surface area contributed by atoms with E-state index in [0.29, 0.717) is 6.61 Å². The zero-order valence-corrected chi connectivity index (χ0v) is 6.10. The SMILES string of the molecule is [CH2]CO/C=C/CCCC. The Kier molecular flexibility index (Phi) is 7.15. The Bertz CT molecular complexity index is 67.0. The van der Waals surface area contributed by atoms with E-state index in [1.807, 2.05) is 6.08 Å². The zero-order valence-electron chi connectivity index (χ0n) is 6.10. The van der Waals surface area contributed by atoms with Crippen LogP contribution in [0.5, 0.6) is 0 Å². The van der Waals surface area contributed by atoms with Crippen molar-refractivity contribution >= 4 is 0 Å². The number of ether oxygens (including phenoxy) is 1. The van der Waals surface area contributed by atoms with E-state index in [9.17, 15) is 0 Å². The molecule has 0 aromatic rings. The van der Waals surface area contributed by atoms with Crippen LogP contribution in [0.4, 0.5) is 0 Å². The summed E-state index contributed by atoms with van der Waals surface area (Å²) >= 11 is 0. The highest BCUT2D eigenvalue weighted by molar-refractivity contribution is 4.72. The Balaban J connectivity index is 2.86. The maximum atomic E-state index is 4.89. The number of hydrogen-bond donors (Lipinski definition) is 0. The summed E-state index contributed by atoms with van der Waals surface area (Å²) in [5, 5.41) is 0. The van der Waals surface area contributed by atoms with Crippen LogP contribution in [-0.4, -0.2) is 6.61 Å². The molecule has 0 spiro atoms. The molecule has 0 bridgehead atoms. The molecule has 1 heteroatoms. The van der Waals surface area contributed by atoms with E-state index in [0.717, 1.165) is 6.42 Å². The van der Waals surface area contributed by atoms with E-state index < -0.39 is 0 Å². The fourth-order valence-electron chi connectivity index (χ4n) is 0.526. The summed E-state index contributed by atoms with van der Waals surface area (Å²) in [5.74, 6) is 0. The molecule has 1 nitrogen and oxygen atoms in total. The minimum atomic E-state index is 0.530. The van der Waals surface area contributed by atoms with Gasteiger partial charge in [0, 0.05) is 0 Å². The van der Waals surface area contributed by atoms with E-state index in [1.54, 1.807) is 6.26 Å². The number of unbranched alkanes of at least 4 members (excludes halogenated alkanes) is 2. The third-order valence-corrected chi connectivity index (χ3v) is 1.03. The average molecular weight is 127 g/mol. The second kappa shape index (κ2) is 7.54. The van der Waals surface area contributed by atoms with E-state index in [-0.39, 0.29) is 0 Å². The summed E-state index contributed by atoms with van der Waals surface area (Å²) in [6, 6.07) is 0. The Morgan fingerprint density at radius 1 is 1.56 bits per heavy atom. The predicted molar refractivity (Wildman–Crippen MR) is 40.0 cm³/mol. The van der Waals surface area contributed by atoms with Crippen molar-refractivity contribution in [1.29, 1.82) is 0 Å². The zero-order chi connectivity index (χ0) is 6.95. The number of hydrogen-bond acceptors (Lipinski definition) is 1. The molecule has 0 saturated heterocycles. The molecule has 0 N–H and O–H groups in total. The van der Waals surface area contributed by atoms with Crippen molar-refractivity contribution in [1.82, 2.24) is 0 Å². The lowest BCUT2D eigenvalue weighted by Gasteiger charge is -1.91. The number of rotatable bonds is 5. The molecule has 0 rings (SSSR count). The lowest BCUT2D eigenvalue weighted by molar-refractivity contribution is 0.286. The lowest BCUT2D eigenvalue weighted by atomic mass is 10.2. The van der Waals surface area contributed by atoms with E-state index in [4.69, 9.17) is 4.74 Å². The monoisotopic (exact) mass is 127 g/mol. The molecule has 0 aromatic heterocycles. The molecule has 0 saturated carbocycles.